The summed E-state index contributed by atoms with van der Waals surface area (Å²) in [4.78, 5) is 33.4. The second-order valence-corrected chi connectivity index (χ2v) is 12.6. The number of benzene rings is 1. The van der Waals surface area contributed by atoms with Crippen molar-refractivity contribution in [2.45, 2.75) is 57.0 Å². The number of aromatic nitrogens is 6. The van der Waals surface area contributed by atoms with Crippen molar-refractivity contribution >= 4 is 46.3 Å². The van der Waals surface area contributed by atoms with E-state index in [1.807, 2.05) is 13.0 Å². The maximum atomic E-state index is 14.2. The number of pyridine rings is 1. The molecule has 1 fully saturated rings. The summed E-state index contributed by atoms with van der Waals surface area (Å²) in [6.45, 7) is 2.23. The zero-order valence-electron chi connectivity index (χ0n) is 24.1. The molecule has 10 nitrogen and oxygen atoms in total. The first-order chi connectivity index (χ1) is 21.6. The Morgan fingerprint density at radius 3 is 2.67 bits per heavy atom. The third kappa shape index (κ3) is 5.61. The lowest BCUT2D eigenvalue weighted by molar-refractivity contribution is -0.129. The minimum Gasteiger partial charge on any atom is -0.330 e. The van der Waals surface area contributed by atoms with Crippen molar-refractivity contribution in [3.63, 3.8) is 0 Å². The molecule has 7 rings (SSSR count). The first-order valence-corrected chi connectivity index (χ1v) is 15.5. The van der Waals surface area contributed by atoms with E-state index in [2.05, 4.69) is 25.7 Å². The molecule has 3 aromatic heterocycles. The van der Waals surface area contributed by atoms with Gasteiger partial charge in [0.05, 0.1) is 41.2 Å². The van der Waals surface area contributed by atoms with Crippen LogP contribution in [0.25, 0.3) is 22.5 Å². The fourth-order valence-electron chi connectivity index (χ4n) is 6.19. The van der Waals surface area contributed by atoms with E-state index in [9.17, 15) is 18.4 Å². The summed E-state index contributed by atoms with van der Waals surface area (Å²) >= 11 is 12.4. The van der Waals surface area contributed by atoms with Crippen molar-refractivity contribution in [3.05, 3.63) is 76.4 Å². The Bertz CT molecular complexity index is 1850. The van der Waals surface area contributed by atoms with E-state index >= 15 is 0 Å². The summed E-state index contributed by atoms with van der Waals surface area (Å²) < 4.78 is 31.2. The predicted molar refractivity (Wildman–Crippen MR) is 164 cm³/mol. The number of carbonyl (C=O) groups excluding carboxylic acids is 2. The van der Waals surface area contributed by atoms with Crippen molar-refractivity contribution in [1.29, 1.82) is 0 Å². The van der Waals surface area contributed by atoms with E-state index in [0.717, 1.165) is 11.1 Å². The van der Waals surface area contributed by atoms with Gasteiger partial charge in [-0.05, 0) is 55.2 Å². The van der Waals surface area contributed by atoms with Gasteiger partial charge in [0.1, 0.15) is 6.04 Å². The number of alkyl halides is 2. The number of nitrogens with one attached hydrogen (secondary N) is 1. The number of hydrogen-bond acceptors (Lipinski definition) is 6. The van der Waals surface area contributed by atoms with Crippen LogP contribution in [-0.4, -0.2) is 58.9 Å². The smallest absolute Gasteiger partial charge is 0.272 e. The largest absolute Gasteiger partial charge is 0.330 e. The summed E-state index contributed by atoms with van der Waals surface area (Å²) in [5.41, 5.74) is 4.22. The molecule has 0 radical (unpaired) electrons. The van der Waals surface area contributed by atoms with E-state index in [4.69, 9.17) is 23.2 Å². The van der Waals surface area contributed by atoms with E-state index in [1.54, 1.807) is 52.3 Å². The zero-order valence-corrected chi connectivity index (χ0v) is 25.6. The van der Waals surface area contributed by atoms with Gasteiger partial charge in [0, 0.05) is 47.3 Å². The molecule has 1 aliphatic carbocycles. The van der Waals surface area contributed by atoms with Crippen LogP contribution in [-0.2, 0) is 9.59 Å². The number of halogens is 4. The van der Waals surface area contributed by atoms with E-state index in [-0.39, 0.29) is 29.3 Å². The Morgan fingerprint density at radius 1 is 1.11 bits per heavy atom. The number of nitrogens with zero attached hydrogens (tertiary/aromatic N) is 7. The maximum absolute atomic E-state index is 14.2. The molecule has 1 saturated carbocycles. The van der Waals surface area contributed by atoms with Crippen LogP contribution >= 0.6 is 23.2 Å². The van der Waals surface area contributed by atoms with Crippen LogP contribution in [0.2, 0.25) is 10.2 Å². The second-order valence-electron chi connectivity index (χ2n) is 11.7. The van der Waals surface area contributed by atoms with Gasteiger partial charge in [-0.25, -0.2) is 13.5 Å². The van der Waals surface area contributed by atoms with Crippen molar-refractivity contribution in [2.75, 3.05) is 11.9 Å². The van der Waals surface area contributed by atoms with Crippen LogP contribution in [0.5, 0.6) is 0 Å². The van der Waals surface area contributed by atoms with Gasteiger partial charge >= 0.3 is 0 Å². The van der Waals surface area contributed by atoms with Crippen molar-refractivity contribution in [3.8, 4) is 16.9 Å². The maximum Gasteiger partial charge on any atom is 0.272 e. The van der Waals surface area contributed by atoms with Gasteiger partial charge in [-0.1, -0.05) is 41.8 Å². The summed E-state index contributed by atoms with van der Waals surface area (Å²) in [5.74, 6) is -3.62. The normalized spacial score (nSPS) is 23.0. The number of rotatable bonds is 4. The van der Waals surface area contributed by atoms with Gasteiger partial charge in [0.25, 0.3) is 5.92 Å². The quantitative estimate of drug-likeness (QED) is 0.268. The van der Waals surface area contributed by atoms with E-state index in [0.29, 0.717) is 65.6 Å². The lowest BCUT2D eigenvalue weighted by Gasteiger charge is -2.34. The molecule has 2 aliphatic heterocycles. The van der Waals surface area contributed by atoms with Crippen LogP contribution in [0.3, 0.4) is 0 Å². The second kappa shape index (κ2) is 11.3. The Labute approximate surface area is 267 Å². The molecule has 0 saturated heterocycles. The lowest BCUT2D eigenvalue weighted by atomic mass is 9.93. The molecule has 0 spiro atoms. The Morgan fingerprint density at radius 2 is 1.93 bits per heavy atom. The van der Waals surface area contributed by atoms with Gasteiger partial charge < -0.3 is 10.2 Å². The number of fused-ring (bicyclic) bond motifs is 4. The Hall–Kier alpha value is -4.16. The van der Waals surface area contributed by atoms with Crippen LogP contribution in [0.15, 0.2) is 55.0 Å². The van der Waals surface area contributed by atoms with Gasteiger partial charge in [0.2, 0.25) is 11.8 Å². The molecule has 3 unspecified atom stereocenters. The minimum absolute atomic E-state index is 0.197. The first kappa shape index (κ1) is 29.5. The van der Waals surface area contributed by atoms with Gasteiger partial charge in [-0.15, -0.1) is 5.10 Å². The molecule has 4 aromatic rings. The van der Waals surface area contributed by atoms with Crippen molar-refractivity contribution < 1.29 is 18.4 Å². The highest BCUT2D eigenvalue weighted by atomic mass is 35.5. The molecular formula is C31H28Cl2F2N8O2. The van der Waals surface area contributed by atoms with Crippen LogP contribution in [0, 0.1) is 5.92 Å². The van der Waals surface area contributed by atoms with Gasteiger partial charge in [-0.3, -0.25) is 19.3 Å². The van der Waals surface area contributed by atoms with Crippen molar-refractivity contribution in [2.24, 2.45) is 5.92 Å². The fourth-order valence-corrected chi connectivity index (χ4v) is 6.49. The van der Waals surface area contributed by atoms with Gasteiger partial charge in [0.15, 0.2) is 5.15 Å². The average molecular weight is 654 g/mol. The number of amides is 2. The molecule has 3 atom stereocenters. The van der Waals surface area contributed by atoms with E-state index < -0.39 is 18.0 Å². The Kier molecular flexibility index (Phi) is 7.44. The summed E-state index contributed by atoms with van der Waals surface area (Å²) in [7, 11) is 0. The number of carbonyl (C=O) groups is 2. The molecule has 1 aromatic carbocycles. The summed E-state index contributed by atoms with van der Waals surface area (Å²) in [6.07, 6.45) is 8.24. The van der Waals surface area contributed by atoms with Crippen LogP contribution < -0.4 is 5.32 Å². The number of hydrogen-bond donors (Lipinski definition) is 1. The molecule has 1 N–H and O–H groups in total. The molecule has 3 aliphatic rings. The van der Waals surface area contributed by atoms with Crippen molar-refractivity contribution in [1.82, 2.24) is 34.7 Å². The fraction of sp³-hybridized carbons (Fsp3) is 0.355. The molecule has 5 heterocycles. The average Bonchev–Trinajstić information content (AvgIpc) is 3.30. The minimum atomic E-state index is -2.87. The summed E-state index contributed by atoms with van der Waals surface area (Å²) in [6, 6.07) is 7.37. The molecule has 232 valence electrons. The highest BCUT2D eigenvalue weighted by Gasteiger charge is 2.59. The molecule has 14 heteroatoms. The van der Waals surface area contributed by atoms with E-state index in [1.165, 1.54) is 10.9 Å². The number of anilines is 1. The SMILES string of the molecule is CC1CCCC(N2CCC(c3cc(Cl)ccc3-n3cc(Cl)nn3)=CC2=O)c2cc(ccn2)-c2c(cnn2C2CC2(F)F)NC1=O. The Balaban J connectivity index is 1.25. The summed E-state index contributed by atoms with van der Waals surface area (Å²) in [5, 5.41) is 15.9. The monoisotopic (exact) mass is 652 g/mol. The van der Waals surface area contributed by atoms with Crippen LogP contribution in [0.1, 0.15) is 62.4 Å². The highest BCUT2D eigenvalue weighted by Crippen LogP contribution is 2.54. The lowest BCUT2D eigenvalue weighted by Crippen LogP contribution is -2.38. The third-order valence-electron chi connectivity index (χ3n) is 8.70. The topological polar surface area (TPSA) is 111 Å². The molecular weight excluding hydrogens is 625 g/mol. The standard InChI is InChI=1S/C31H28Cl2F2N8O2/c1-17-3-2-4-25(22-11-19(7-9-36-22)29-23(38-30(17)45)15-37-43(29)26-14-31(26,34)35)41-10-8-18(12-28(41)44)21-13-20(32)5-6-24(21)42-16-27(33)39-40-42/h5-7,9,11-13,15-17,25-26H,2-4,8,10,14H2,1H3,(H,38,45). The first-order valence-electron chi connectivity index (χ1n) is 14.7. The van der Waals surface area contributed by atoms with Gasteiger partial charge in [-0.2, -0.15) is 5.10 Å². The molecule has 2 amide bonds. The predicted octanol–water partition coefficient (Wildman–Crippen LogP) is 6.53. The molecule has 45 heavy (non-hydrogen) atoms. The van der Waals surface area contributed by atoms with Crippen LogP contribution in [0.4, 0.5) is 14.5 Å². The zero-order chi connectivity index (χ0) is 31.5. The third-order valence-corrected chi connectivity index (χ3v) is 9.10. The molecule has 2 bridgehead atoms. The highest BCUT2D eigenvalue weighted by molar-refractivity contribution is 6.31.